The SMILES string of the molecule is Cc1onc(-c2ccc(Cl)cc2)c1COc1ccc(C(=O)NC(C)(C)CO)cn1. The molecule has 8 heteroatoms. The van der Waals surface area contributed by atoms with Crippen LogP contribution in [-0.4, -0.2) is 33.3 Å². The largest absolute Gasteiger partial charge is 0.473 e. The molecule has 0 saturated heterocycles. The first kappa shape index (κ1) is 20.8. The van der Waals surface area contributed by atoms with Gasteiger partial charge in [0, 0.05) is 22.8 Å². The Labute approximate surface area is 173 Å². The fourth-order valence-electron chi connectivity index (χ4n) is 2.56. The van der Waals surface area contributed by atoms with Crippen molar-refractivity contribution in [3.05, 3.63) is 64.5 Å². The maximum atomic E-state index is 12.2. The Bertz CT molecular complexity index is 982. The van der Waals surface area contributed by atoms with Crippen LogP contribution in [0.1, 0.15) is 35.5 Å². The topological polar surface area (TPSA) is 97.5 Å². The summed E-state index contributed by atoms with van der Waals surface area (Å²) in [6.45, 7) is 5.32. The highest BCUT2D eigenvalue weighted by Gasteiger charge is 2.20. The molecule has 0 fully saturated rings. The second kappa shape index (κ2) is 8.63. The molecule has 0 atom stereocenters. The molecule has 29 heavy (non-hydrogen) atoms. The van der Waals surface area contributed by atoms with Crippen molar-refractivity contribution in [1.29, 1.82) is 0 Å². The lowest BCUT2D eigenvalue weighted by atomic mass is 10.1. The molecule has 2 heterocycles. The van der Waals surface area contributed by atoms with Gasteiger partial charge in [0.05, 0.1) is 23.3 Å². The molecule has 0 bridgehead atoms. The maximum absolute atomic E-state index is 12.2. The summed E-state index contributed by atoms with van der Waals surface area (Å²) < 4.78 is 11.1. The van der Waals surface area contributed by atoms with E-state index in [1.54, 1.807) is 38.1 Å². The molecule has 3 rings (SSSR count). The molecule has 0 radical (unpaired) electrons. The van der Waals surface area contributed by atoms with E-state index >= 15 is 0 Å². The van der Waals surface area contributed by atoms with Crippen LogP contribution in [0, 0.1) is 6.92 Å². The van der Waals surface area contributed by atoms with Gasteiger partial charge in [-0.1, -0.05) is 28.9 Å². The molecule has 2 aromatic heterocycles. The monoisotopic (exact) mass is 415 g/mol. The number of amides is 1. The van der Waals surface area contributed by atoms with Crippen molar-refractivity contribution in [3.63, 3.8) is 0 Å². The standard InChI is InChI=1S/C21H22ClN3O4/c1-13-17(19(25-29-13)14-4-7-16(22)8-5-14)11-28-18-9-6-15(10-23-18)20(27)24-21(2,3)12-26/h4-10,26H,11-12H2,1-3H3,(H,24,27). The Morgan fingerprint density at radius 3 is 2.59 bits per heavy atom. The van der Waals surface area contributed by atoms with Gasteiger partial charge in [-0.05, 0) is 39.0 Å². The van der Waals surface area contributed by atoms with E-state index in [0.717, 1.165) is 11.1 Å². The van der Waals surface area contributed by atoms with Crippen LogP contribution in [0.15, 0.2) is 47.1 Å². The molecule has 152 valence electrons. The Hall–Kier alpha value is -2.90. The van der Waals surface area contributed by atoms with Gasteiger partial charge in [0.25, 0.3) is 5.91 Å². The number of carbonyl (C=O) groups excluding carboxylic acids is 1. The Morgan fingerprint density at radius 2 is 1.97 bits per heavy atom. The van der Waals surface area contributed by atoms with Gasteiger partial charge in [0.15, 0.2) is 0 Å². The second-order valence-electron chi connectivity index (χ2n) is 7.24. The molecule has 2 N–H and O–H groups in total. The minimum Gasteiger partial charge on any atom is -0.473 e. The summed E-state index contributed by atoms with van der Waals surface area (Å²) in [6, 6.07) is 10.5. The van der Waals surface area contributed by atoms with Crippen molar-refractivity contribution in [2.45, 2.75) is 32.9 Å². The van der Waals surface area contributed by atoms with Gasteiger partial charge in [0.1, 0.15) is 18.1 Å². The number of nitrogens with one attached hydrogen (secondary N) is 1. The molecular weight excluding hydrogens is 394 g/mol. The van der Waals surface area contributed by atoms with Crippen molar-refractivity contribution >= 4 is 17.5 Å². The summed E-state index contributed by atoms with van der Waals surface area (Å²) in [7, 11) is 0. The summed E-state index contributed by atoms with van der Waals surface area (Å²) >= 11 is 5.95. The Kier molecular flexibility index (Phi) is 6.20. The van der Waals surface area contributed by atoms with E-state index in [1.807, 2.05) is 19.1 Å². The zero-order valence-corrected chi connectivity index (χ0v) is 17.2. The molecular formula is C21H22ClN3O4. The number of pyridine rings is 1. The van der Waals surface area contributed by atoms with Crippen molar-refractivity contribution < 1.29 is 19.2 Å². The highest BCUT2D eigenvalue weighted by atomic mass is 35.5. The molecule has 0 aliphatic heterocycles. The number of ether oxygens (including phenoxy) is 1. The van der Waals surface area contributed by atoms with Crippen LogP contribution < -0.4 is 10.1 Å². The predicted molar refractivity (Wildman–Crippen MR) is 109 cm³/mol. The number of rotatable bonds is 7. The lowest BCUT2D eigenvalue weighted by Crippen LogP contribution is -2.46. The molecule has 0 spiro atoms. The maximum Gasteiger partial charge on any atom is 0.253 e. The van der Waals surface area contributed by atoms with Crippen LogP contribution in [0.25, 0.3) is 11.3 Å². The third kappa shape index (κ3) is 5.13. The summed E-state index contributed by atoms with van der Waals surface area (Å²) in [4.78, 5) is 16.4. The number of hydrogen-bond acceptors (Lipinski definition) is 6. The summed E-state index contributed by atoms with van der Waals surface area (Å²) in [6.07, 6.45) is 1.43. The lowest BCUT2D eigenvalue weighted by Gasteiger charge is -2.23. The highest BCUT2D eigenvalue weighted by Crippen LogP contribution is 2.27. The second-order valence-corrected chi connectivity index (χ2v) is 7.68. The molecule has 0 unspecified atom stereocenters. The Morgan fingerprint density at radius 1 is 1.24 bits per heavy atom. The van der Waals surface area contributed by atoms with Gasteiger partial charge >= 0.3 is 0 Å². The fourth-order valence-corrected chi connectivity index (χ4v) is 2.69. The van der Waals surface area contributed by atoms with Crippen LogP contribution in [0.5, 0.6) is 5.88 Å². The number of aromatic nitrogens is 2. The van der Waals surface area contributed by atoms with Gasteiger partial charge in [-0.15, -0.1) is 0 Å². The van der Waals surface area contributed by atoms with Crippen LogP contribution in [-0.2, 0) is 6.61 Å². The third-order valence-corrected chi connectivity index (χ3v) is 4.56. The molecule has 0 aliphatic rings. The zero-order valence-electron chi connectivity index (χ0n) is 16.4. The molecule has 7 nitrogen and oxygen atoms in total. The van der Waals surface area contributed by atoms with Crippen molar-refractivity contribution in [3.8, 4) is 17.1 Å². The van der Waals surface area contributed by atoms with Crippen LogP contribution in [0.2, 0.25) is 5.02 Å². The van der Waals surface area contributed by atoms with Gasteiger partial charge in [-0.2, -0.15) is 0 Å². The van der Waals surface area contributed by atoms with E-state index in [2.05, 4.69) is 15.5 Å². The molecule has 0 aliphatic carbocycles. The quantitative estimate of drug-likeness (QED) is 0.609. The van der Waals surface area contributed by atoms with E-state index in [1.165, 1.54) is 6.20 Å². The fraction of sp³-hybridized carbons (Fsp3) is 0.286. The minimum atomic E-state index is -0.712. The number of aliphatic hydroxyl groups is 1. The van der Waals surface area contributed by atoms with Gasteiger partial charge < -0.3 is 19.7 Å². The molecule has 1 amide bonds. The number of hydrogen-bond donors (Lipinski definition) is 2. The van der Waals surface area contributed by atoms with Crippen molar-refractivity contribution in [2.75, 3.05) is 6.61 Å². The summed E-state index contributed by atoms with van der Waals surface area (Å²) in [5, 5.41) is 16.8. The highest BCUT2D eigenvalue weighted by molar-refractivity contribution is 6.30. The van der Waals surface area contributed by atoms with Crippen LogP contribution >= 0.6 is 11.6 Å². The Balaban J connectivity index is 1.69. The van der Waals surface area contributed by atoms with Crippen LogP contribution in [0.3, 0.4) is 0 Å². The smallest absolute Gasteiger partial charge is 0.253 e. The van der Waals surface area contributed by atoms with Crippen molar-refractivity contribution in [2.24, 2.45) is 0 Å². The number of benzene rings is 1. The van der Waals surface area contributed by atoms with E-state index in [4.69, 9.17) is 20.9 Å². The lowest BCUT2D eigenvalue weighted by molar-refractivity contribution is 0.0869. The van der Waals surface area contributed by atoms with Gasteiger partial charge in [-0.25, -0.2) is 4.98 Å². The number of aryl methyl sites for hydroxylation is 1. The third-order valence-electron chi connectivity index (χ3n) is 4.31. The van der Waals surface area contributed by atoms with Gasteiger partial charge in [-0.3, -0.25) is 4.79 Å². The number of aliphatic hydroxyl groups excluding tert-OH is 1. The number of carbonyl (C=O) groups is 1. The first-order valence-corrected chi connectivity index (χ1v) is 9.40. The first-order chi connectivity index (χ1) is 13.8. The van der Waals surface area contributed by atoms with E-state index < -0.39 is 5.54 Å². The average molecular weight is 416 g/mol. The van der Waals surface area contributed by atoms with E-state index in [9.17, 15) is 9.90 Å². The van der Waals surface area contributed by atoms with Crippen molar-refractivity contribution in [1.82, 2.24) is 15.5 Å². The molecule has 0 saturated carbocycles. The molecule has 1 aromatic carbocycles. The number of halogens is 1. The van der Waals surface area contributed by atoms with Crippen LogP contribution in [0.4, 0.5) is 0 Å². The summed E-state index contributed by atoms with van der Waals surface area (Å²) in [5.41, 5.74) is 2.02. The predicted octanol–water partition coefficient (Wildman–Crippen LogP) is 3.78. The normalized spacial score (nSPS) is 11.3. The minimum absolute atomic E-state index is 0.165. The summed E-state index contributed by atoms with van der Waals surface area (Å²) in [5.74, 6) is 0.700. The van der Waals surface area contributed by atoms with Gasteiger partial charge in [0.2, 0.25) is 5.88 Å². The van der Waals surface area contributed by atoms with E-state index in [0.29, 0.717) is 27.9 Å². The molecule has 3 aromatic rings. The first-order valence-electron chi connectivity index (χ1n) is 9.02. The average Bonchev–Trinajstić information content (AvgIpc) is 3.07. The van der Waals surface area contributed by atoms with E-state index in [-0.39, 0.29) is 19.1 Å². The zero-order chi connectivity index (χ0) is 21.0. The number of nitrogens with zero attached hydrogens (tertiary/aromatic N) is 2.